The van der Waals surface area contributed by atoms with Crippen molar-refractivity contribution in [2.45, 2.75) is 20.8 Å². The van der Waals surface area contributed by atoms with Crippen LogP contribution in [-0.2, 0) is 0 Å². The Morgan fingerprint density at radius 1 is 1.00 bits per heavy atom. The third kappa shape index (κ3) is 2.20. The monoisotopic (exact) mass is 208 g/mol. The molecule has 1 aromatic heterocycles. The van der Waals surface area contributed by atoms with E-state index in [4.69, 9.17) is 11.6 Å². The van der Waals surface area contributed by atoms with Gasteiger partial charge in [0.15, 0.2) is 5.15 Å². The quantitative estimate of drug-likeness (QED) is 0.661. The molecule has 1 heterocycles. The van der Waals surface area contributed by atoms with Crippen LogP contribution in [0, 0.1) is 6.92 Å². The molecule has 0 aliphatic heterocycles. The molecule has 2 nitrogen and oxygen atoms in total. The van der Waals surface area contributed by atoms with Gasteiger partial charge < -0.3 is 0 Å². The van der Waals surface area contributed by atoms with E-state index in [1.54, 1.807) is 0 Å². The van der Waals surface area contributed by atoms with Crippen LogP contribution in [0.25, 0.3) is 11.0 Å². The van der Waals surface area contributed by atoms with E-state index < -0.39 is 0 Å². The van der Waals surface area contributed by atoms with Crippen LogP contribution in [0.2, 0.25) is 5.15 Å². The third-order valence-corrected chi connectivity index (χ3v) is 2.05. The van der Waals surface area contributed by atoms with Gasteiger partial charge >= 0.3 is 0 Å². The lowest BCUT2D eigenvalue weighted by Gasteiger charge is -1.98. The maximum Gasteiger partial charge on any atom is 0.150 e. The summed E-state index contributed by atoms with van der Waals surface area (Å²) in [5, 5.41) is 0.480. The molecule has 2 rings (SSSR count). The van der Waals surface area contributed by atoms with E-state index in [0.717, 1.165) is 16.7 Å². The SMILES string of the molecule is CC.Cc1nc2ccccc2nc1Cl. The molecule has 3 heteroatoms. The lowest BCUT2D eigenvalue weighted by Crippen LogP contribution is -1.88. The number of rotatable bonds is 0. The first kappa shape index (κ1) is 10.9. The molecule has 0 fully saturated rings. The molecular formula is C11H13ClN2. The molecule has 0 aliphatic carbocycles. The van der Waals surface area contributed by atoms with Crippen molar-refractivity contribution in [1.29, 1.82) is 0 Å². The standard InChI is InChI=1S/C9H7ClN2.C2H6/c1-6-9(10)12-8-5-3-2-4-7(8)11-6;1-2/h2-5H,1H3;1-2H3. The van der Waals surface area contributed by atoms with Crippen LogP contribution >= 0.6 is 11.6 Å². The van der Waals surface area contributed by atoms with E-state index in [1.165, 1.54) is 0 Å². The number of aryl methyl sites for hydroxylation is 1. The predicted octanol–water partition coefficient (Wildman–Crippen LogP) is 3.62. The molecule has 0 atom stereocenters. The van der Waals surface area contributed by atoms with Crippen LogP contribution in [0.1, 0.15) is 19.5 Å². The Hall–Kier alpha value is -1.15. The van der Waals surface area contributed by atoms with E-state index in [2.05, 4.69) is 9.97 Å². The number of benzene rings is 1. The topological polar surface area (TPSA) is 25.8 Å². The highest BCUT2D eigenvalue weighted by molar-refractivity contribution is 6.30. The molecule has 0 aliphatic rings. The fourth-order valence-electron chi connectivity index (χ4n) is 1.07. The Balaban J connectivity index is 0.000000461. The molecule has 1 aromatic carbocycles. The number of hydrogen-bond donors (Lipinski definition) is 0. The average molecular weight is 209 g/mol. The first-order valence-corrected chi connectivity index (χ1v) is 5.04. The Bertz CT molecular complexity index is 386. The van der Waals surface area contributed by atoms with Crippen molar-refractivity contribution >= 4 is 22.6 Å². The van der Waals surface area contributed by atoms with Crippen LogP contribution < -0.4 is 0 Å². The summed E-state index contributed by atoms with van der Waals surface area (Å²) in [6, 6.07) is 7.67. The highest BCUT2D eigenvalue weighted by atomic mass is 35.5. The van der Waals surface area contributed by atoms with Crippen LogP contribution in [0.5, 0.6) is 0 Å². The van der Waals surface area contributed by atoms with Crippen LogP contribution in [0.4, 0.5) is 0 Å². The summed E-state index contributed by atoms with van der Waals surface area (Å²) in [6.45, 7) is 5.85. The van der Waals surface area contributed by atoms with Gasteiger partial charge in [-0.2, -0.15) is 0 Å². The number of halogens is 1. The Morgan fingerprint density at radius 2 is 1.50 bits per heavy atom. The minimum atomic E-state index is 0.480. The summed E-state index contributed by atoms with van der Waals surface area (Å²) in [4.78, 5) is 8.46. The van der Waals surface area contributed by atoms with Gasteiger partial charge in [0.2, 0.25) is 0 Å². The maximum atomic E-state index is 5.81. The van der Waals surface area contributed by atoms with E-state index in [0.29, 0.717) is 5.15 Å². The highest BCUT2D eigenvalue weighted by Gasteiger charge is 2.00. The molecule has 0 saturated heterocycles. The predicted molar refractivity (Wildman–Crippen MR) is 60.6 cm³/mol. The minimum absolute atomic E-state index is 0.480. The fraction of sp³-hybridized carbons (Fsp3) is 0.273. The molecule has 0 radical (unpaired) electrons. The summed E-state index contributed by atoms with van der Waals surface area (Å²) in [5.74, 6) is 0. The smallest absolute Gasteiger partial charge is 0.150 e. The minimum Gasteiger partial charge on any atom is -0.248 e. The van der Waals surface area contributed by atoms with Gasteiger partial charge in [-0.15, -0.1) is 0 Å². The zero-order valence-electron chi connectivity index (χ0n) is 8.58. The summed E-state index contributed by atoms with van der Waals surface area (Å²) in [5.41, 5.74) is 2.50. The summed E-state index contributed by atoms with van der Waals surface area (Å²) < 4.78 is 0. The van der Waals surface area contributed by atoms with Crippen molar-refractivity contribution < 1.29 is 0 Å². The maximum absolute atomic E-state index is 5.81. The lowest BCUT2D eigenvalue weighted by molar-refractivity contribution is 1.18. The van der Waals surface area contributed by atoms with Gasteiger partial charge in [0.25, 0.3) is 0 Å². The van der Waals surface area contributed by atoms with Crippen molar-refractivity contribution in [3.8, 4) is 0 Å². The van der Waals surface area contributed by atoms with Crippen molar-refractivity contribution in [2.75, 3.05) is 0 Å². The van der Waals surface area contributed by atoms with Gasteiger partial charge in [0, 0.05) is 0 Å². The number of hydrogen-bond acceptors (Lipinski definition) is 2. The number of nitrogens with zero attached hydrogens (tertiary/aromatic N) is 2. The van der Waals surface area contributed by atoms with Crippen LogP contribution in [0.3, 0.4) is 0 Å². The molecule has 2 aromatic rings. The number of fused-ring (bicyclic) bond motifs is 1. The second-order valence-electron chi connectivity index (χ2n) is 2.59. The number of aromatic nitrogens is 2. The largest absolute Gasteiger partial charge is 0.248 e. The summed E-state index contributed by atoms with van der Waals surface area (Å²) in [6.07, 6.45) is 0. The third-order valence-electron chi connectivity index (χ3n) is 1.69. The van der Waals surface area contributed by atoms with E-state index >= 15 is 0 Å². The fourth-order valence-corrected chi connectivity index (χ4v) is 1.20. The first-order valence-electron chi connectivity index (χ1n) is 4.66. The molecule has 0 unspecified atom stereocenters. The Labute approximate surface area is 89.0 Å². The van der Waals surface area contributed by atoms with Crippen LogP contribution in [-0.4, -0.2) is 9.97 Å². The highest BCUT2D eigenvalue weighted by Crippen LogP contribution is 2.15. The molecule has 74 valence electrons. The molecule has 0 amide bonds. The van der Waals surface area contributed by atoms with Crippen molar-refractivity contribution in [2.24, 2.45) is 0 Å². The lowest BCUT2D eigenvalue weighted by atomic mass is 10.3. The molecular weight excluding hydrogens is 196 g/mol. The van der Waals surface area contributed by atoms with E-state index in [9.17, 15) is 0 Å². The normalized spacial score (nSPS) is 9.43. The Morgan fingerprint density at radius 3 is 2.07 bits per heavy atom. The van der Waals surface area contributed by atoms with Crippen LogP contribution in [0.15, 0.2) is 24.3 Å². The molecule has 0 saturated carbocycles. The second-order valence-corrected chi connectivity index (χ2v) is 2.95. The van der Waals surface area contributed by atoms with Gasteiger partial charge in [0.1, 0.15) is 0 Å². The zero-order chi connectivity index (χ0) is 10.6. The summed E-state index contributed by atoms with van der Waals surface area (Å²) >= 11 is 5.81. The zero-order valence-corrected chi connectivity index (χ0v) is 9.34. The molecule has 0 N–H and O–H groups in total. The van der Waals surface area contributed by atoms with Gasteiger partial charge in [-0.3, -0.25) is 0 Å². The molecule has 14 heavy (non-hydrogen) atoms. The second kappa shape index (κ2) is 4.91. The molecule has 0 bridgehead atoms. The van der Waals surface area contributed by atoms with Crippen molar-refractivity contribution in [1.82, 2.24) is 9.97 Å². The molecule has 0 spiro atoms. The Kier molecular flexibility index (Phi) is 3.84. The van der Waals surface area contributed by atoms with Crippen molar-refractivity contribution in [3.05, 3.63) is 35.1 Å². The summed E-state index contributed by atoms with van der Waals surface area (Å²) in [7, 11) is 0. The van der Waals surface area contributed by atoms with Gasteiger partial charge in [0.05, 0.1) is 16.7 Å². The first-order chi connectivity index (χ1) is 6.77. The average Bonchev–Trinajstić information content (AvgIpc) is 2.23. The van der Waals surface area contributed by atoms with Gasteiger partial charge in [-0.25, -0.2) is 9.97 Å². The van der Waals surface area contributed by atoms with E-state index in [-0.39, 0.29) is 0 Å². The van der Waals surface area contributed by atoms with Gasteiger partial charge in [-0.1, -0.05) is 37.6 Å². The van der Waals surface area contributed by atoms with Gasteiger partial charge in [-0.05, 0) is 19.1 Å². The van der Waals surface area contributed by atoms with Crippen molar-refractivity contribution in [3.63, 3.8) is 0 Å². The number of para-hydroxylation sites is 2. The van der Waals surface area contributed by atoms with E-state index in [1.807, 2.05) is 45.0 Å².